The highest BCUT2D eigenvalue weighted by Crippen LogP contribution is 2.25. The lowest BCUT2D eigenvalue weighted by molar-refractivity contribution is -0.122. The van der Waals surface area contributed by atoms with Gasteiger partial charge < -0.3 is 10.4 Å². The molecule has 2 N–H and O–H groups in total. The first-order valence-corrected chi connectivity index (χ1v) is 7.16. The van der Waals surface area contributed by atoms with E-state index in [1.807, 2.05) is 6.92 Å². The summed E-state index contributed by atoms with van der Waals surface area (Å²) in [6.07, 6.45) is 9.91. The summed E-state index contributed by atoms with van der Waals surface area (Å²) in [5.74, 6) is 0.765. The molecule has 0 aromatic carbocycles. The minimum absolute atomic E-state index is 0.151. The fraction of sp³-hybridized carbons (Fsp3) is 0.929. The summed E-state index contributed by atoms with van der Waals surface area (Å²) in [6, 6.07) is 0.151. The van der Waals surface area contributed by atoms with Gasteiger partial charge in [-0.25, -0.2) is 0 Å². The van der Waals surface area contributed by atoms with E-state index in [1.165, 1.54) is 38.5 Å². The summed E-state index contributed by atoms with van der Waals surface area (Å²) >= 11 is 0. The highest BCUT2D eigenvalue weighted by molar-refractivity contribution is 5.76. The largest absolute Gasteiger partial charge is 0.396 e. The van der Waals surface area contributed by atoms with Crippen molar-refractivity contribution in [3.63, 3.8) is 0 Å². The van der Waals surface area contributed by atoms with Gasteiger partial charge in [-0.15, -0.1) is 0 Å². The van der Waals surface area contributed by atoms with Crippen LogP contribution in [0.2, 0.25) is 0 Å². The molecule has 0 aromatic heterocycles. The Hall–Kier alpha value is -0.570. The molecule has 1 amide bonds. The summed E-state index contributed by atoms with van der Waals surface area (Å²) < 4.78 is 0. The van der Waals surface area contributed by atoms with E-state index in [4.69, 9.17) is 5.11 Å². The first-order valence-electron chi connectivity index (χ1n) is 7.16. The number of nitrogens with one attached hydrogen (secondary N) is 1. The minimum Gasteiger partial charge on any atom is -0.396 e. The lowest BCUT2D eigenvalue weighted by Crippen LogP contribution is -2.36. The highest BCUT2D eigenvalue weighted by atomic mass is 16.3. The van der Waals surface area contributed by atoms with Crippen molar-refractivity contribution in [1.82, 2.24) is 5.32 Å². The molecule has 1 unspecified atom stereocenters. The first-order chi connectivity index (χ1) is 8.26. The van der Waals surface area contributed by atoms with Crippen LogP contribution in [0.25, 0.3) is 0 Å². The zero-order chi connectivity index (χ0) is 12.5. The van der Waals surface area contributed by atoms with E-state index >= 15 is 0 Å². The molecule has 3 heteroatoms. The molecule has 0 aliphatic heterocycles. The zero-order valence-corrected chi connectivity index (χ0v) is 11.1. The molecule has 100 valence electrons. The van der Waals surface area contributed by atoms with E-state index in [-0.39, 0.29) is 18.6 Å². The van der Waals surface area contributed by atoms with E-state index in [1.54, 1.807) is 0 Å². The summed E-state index contributed by atoms with van der Waals surface area (Å²) in [5, 5.41) is 11.9. The highest BCUT2D eigenvalue weighted by Gasteiger charge is 2.17. The van der Waals surface area contributed by atoms with Crippen LogP contribution in [0.3, 0.4) is 0 Å². The Morgan fingerprint density at radius 2 is 1.94 bits per heavy atom. The van der Waals surface area contributed by atoms with Gasteiger partial charge in [-0.3, -0.25) is 4.79 Å². The lowest BCUT2D eigenvalue weighted by atomic mass is 9.96. The Kier molecular flexibility index (Phi) is 7.25. The van der Waals surface area contributed by atoms with Crippen molar-refractivity contribution in [2.24, 2.45) is 5.92 Å². The van der Waals surface area contributed by atoms with Crippen LogP contribution in [0.15, 0.2) is 0 Å². The molecule has 1 fully saturated rings. The second kappa shape index (κ2) is 8.51. The van der Waals surface area contributed by atoms with Crippen LogP contribution >= 0.6 is 0 Å². The van der Waals surface area contributed by atoms with Crippen molar-refractivity contribution in [2.75, 3.05) is 6.61 Å². The molecule has 0 heterocycles. The van der Waals surface area contributed by atoms with Crippen LogP contribution in [0.5, 0.6) is 0 Å². The predicted octanol–water partition coefficient (Wildman–Crippen LogP) is 2.62. The smallest absolute Gasteiger partial charge is 0.220 e. The van der Waals surface area contributed by atoms with Crippen LogP contribution in [0, 0.1) is 5.92 Å². The molecular weight excluding hydrogens is 214 g/mol. The summed E-state index contributed by atoms with van der Waals surface area (Å²) in [7, 11) is 0. The molecular formula is C14H27NO2. The maximum atomic E-state index is 11.9. The number of rotatable bonds is 6. The number of aliphatic hydroxyl groups is 1. The van der Waals surface area contributed by atoms with Crippen molar-refractivity contribution in [3.05, 3.63) is 0 Å². The predicted molar refractivity (Wildman–Crippen MR) is 69.7 cm³/mol. The van der Waals surface area contributed by atoms with Crippen LogP contribution in [0.4, 0.5) is 0 Å². The number of amides is 1. The SMILES string of the molecule is CCC(CCO)NC(=O)CC1CCCCCC1. The number of aliphatic hydroxyl groups excluding tert-OH is 1. The lowest BCUT2D eigenvalue weighted by Gasteiger charge is -2.18. The maximum Gasteiger partial charge on any atom is 0.220 e. The third-order valence-electron chi connectivity index (χ3n) is 3.78. The molecule has 0 radical (unpaired) electrons. The summed E-state index contributed by atoms with van der Waals surface area (Å²) in [4.78, 5) is 11.9. The van der Waals surface area contributed by atoms with Crippen LogP contribution < -0.4 is 5.32 Å². The van der Waals surface area contributed by atoms with E-state index in [9.17, 15) is 4.79 Å². The van der Waals surface area contributed by atoms with E-state index in [0.29, 0.717) is 18.8 Å². The number of hydrogen-bond acceptors (Lipinski definition) is 2. The minimum atomic E-state index is 0.151. The van der Waals surface area contributed by atoms with E-state index < -0.39 is 0 Å². The van der Waals surface area contributed by atoms with Gasteiger partial charge in [0.1, 0.15) is 0 Å². The van der Waals surface area contributed by atoms with Crippen LogP contribution in [0.1, 0.15) is 64.7 Å². The van der Waals surface area contributed by atoms with E-state index in [0.717, 1.165) is 6.42 Å². The molecule has 0 saturated heterocycles. The van der Waals surface area contributed by atoms with Crippen molar-refractivity contribution in [3.8, 4) is 0 Å². The van der Waals surface area contributed by atoms with Gasteiger partial charge in [0, 0.05) is 19.1 Å². The third kappa shape index (κ3) is 6.06. The van der Waals surface area contributed by atoms with Crippen LogP contribution in [-0.2, 0) is 4.79 Å². The number of hydrogen-bond donors (Lipinski definition) is 2. The van der Waals surface area contributed by atoms with Gasteiger partial charge in [0.2, 0.25) is 5.91 Å². The average Bonchev–Trinajstić information content (AvgIpc) is 2.57. The Morgan fingerprint density at radius 3 is 2.47 bits per heavy atom. The Labute approximate surface area is 105 Å². The number of carbonyl (C=O) groups is 1. The quantitative estimate of drug-likeness (QED) is 0.702. The topological polar surface area (TPSA) is 49.3 Å². The van der Waals surface area contributed by atoms with Crippen molar-refractivity contribution in [2.45, 2.75) is 70.8 Å². The van der Waals surface area contributed by atoms with Gasteiger partial charge in [-0.1, -0.05) is 32.6 Å². The van der Waals surface area contributed by atoms with Gasteiger partial charge in [-0.05, 0) is 31.6 Å². The summed E-state index contributed by atoms with van der Waals surface area (Å²) in [5.41, 5.74) is 0. The second-order valence-corrected chi connectivity index (χ2v) is 5.25. The normalized spacial score (nSPS) is 19.6. The standard InChI is InChI=1S/C14H27NO2/c1-2-13(9-10-16)15-14(17)11-12-7-5-3-4-6-8-12/h12-13,16H,2-11H2,1H3,(H,15,17). The fourth-order valence-corrected chi connectivity index (χ4v) is 2.65. The second-order valence-electron chi connectivity index (χ2n) is 5.25. The molecule has 17 heavy (non-hydrogen) atoms. The molecule has 0 bridgehead atoms. The molecule has 1 aliphatic carbocycles. The zero-order valence-electron chi connectivity index (χ0n) is 11.1. The van der Waals surface area contributed by atoms with Crippen molar-refractivity contribution < 1.29 is 9.90 Å². The van der Waals surface area contributed by atoms with Gasteiger partial charge in [0.25, 0.3) is 0 Å². The van der Waals surface area contributed by atoms with Gasteiger partial charge in [0.15, 0.2) is 0 Å². The molecule has 1 aliphatic rings. The number of carbonyl (C=O) groups excluding carboxylic acids is 1. The Balaban J connectivity index is 2.26. The monoisotopic (exact) mass is 241 g/mol. The molecule has 3 nitrogen and oxygen atoms in total. The average molecular weight is 241 g/mol. The van der Waals surface area contributed by atoms with Crippen molar-refractivity contribution in [1.29, 1.82) is 0 Å². The molecule has 1 saturated carbocycles. The fourth-order valence-electron chi connectivity index (χ4n) is 2.65. The Bertz CT molecular complexity index is 210. The molecule has 1 atom stereocenters. The third-order valence-corrected chi connectivity index (χ3v) is 3.78. The van der Waals surface area contributed by atoms with Gasteiger partial charge in [0.05, 0.1) is 0 Å². The molecule has 0 spiro atoms. The van der Waals surface area contributed by atoms with Crippen molar-refractivity contribution >= 4 is 5.91 Å². The van der Waals surface area contributed by atoms with Gasteiger partial charge in [-0.2, -0.15) is 0 Å². The summed E-state index contributed by atoms with van der Waals surface area (Å²) in [6.45, 7) is 2.20. The van der Waals surface area contributed by atoms with E-state index in [2.05, 4.69) is 5.32 Å². The molecule has 1 rings (SSSR count). The Morgan fingerprint density at radius 1 is 1.29 bits per heavy atom. The molecule has 0 aromatic rings. The first kappa shape index (κ1) is 14.5. The van der Waals surface area contributed by atoms with Gasteiger partial charge >= 0.3 is 0 Å². The maximum absolute atomic E-state index is 11.9. The van der Waals surface area contributed by atoms with Crippen LogP contribution in [-0.4, -0.2) is 23.7 Å².